The zero-order valence-corrected chi connectivity index (χ0v) is 18.9. The molecule has 6 rings (SSSR count). The first-order valence-electron chi connectivity index (χ1n) is 11.4. The van der Waals surface area contributed by atoms with Gasteiger partial charge in [0.25, 0.3) is 5.92 Å². The van der Waals surface area contributed by atoms with E-state index in [1.807, 2.05) is 31.2 Å². The van der Waals surface area contributed by atoms with E-state index in [1.54, 1.807) is 13.3 Å². The zero-order valence-electron chi connectivity index (χ0n) is 18.9. The highest BCUT2D eigenvalue weighted by atomic mass is 19.3. The van der Waals surface area contributed by atoms with Crippen LogP contribution in [0, 0.1) is 0 Å². The van der Waals surface area contributed by atoms with E-state index < -0.39 is 17.5 Å². The summed E-state index contributed by atoms with van der Waals surface area (Å²) >= 11 is 0. The van der Waals surface area contributed by atoms with Crippen molar-refractivity contribution in [2.75, 3.05) is 12.4 Å². The molecule has 176 valence electrons. The van der Waals surface area contributed by atoms with Crippen molar-refractivity contribution in [3.63, 3.8) is 0 Å². The van der Waals surface area contributed by atoms with Crippen molar-refractivity contribution in [2.24, 2.45) is 0 Å². The summed E-state index contributed by atoms with van der Waals surface area (Å²) in [6.45, 7) is 2.39. The third-order valence-corrected chi connectivity index (χ3v) is 7.04. The standard InChI is InChI=1S/C25H25F2N5O2/c1-24(9-17-10-25(26,27)20(11-24)29-17)31-21-6-5-19-18-4-3-14(7-16(18)13-34-23(19)30-21)15-8-22(33-2)32-28-12-15/h3-8,12,17,20,29H,9-11,13H2,1-2H3,(H,30,31). The van der Waals surface area contributed by atoms with Gasteiger partial charge < -0.3 is 20.1 Å². The fourth-order valence-electron chi connectivity index (χ4n) is 5.50. The van der Waals surface area contributed by atoms with Gasteiger partial charge in [0.05, 0.1) is 19.3 Å². The van der Waals surface area contributed by atoms with Crippen LogP contribution in [-0.2, 0) is 6.61 Å². The van der Waals surface area contributed by atoms with Crippen LogP contribution in [-0.4, -0.2) is 45.8 Å². The van der Waals surface area contributed by atoms with E-state index in [0.29, 0.717) is 37.0 Å². The molecule has 0 radical (unpaired) electrons. The molecule has 2 bridgehead atoms. The molecule has 3 aromatic rings. The van der Waals surface area contributed by atoms with Crippen LogP contribution in [0.15, 0.2) is 42.6 Å². The first-order valence-corrected chi connectivity index (χ1v) is 11.4. The second kappa shape index (κ2) is 7.59. The Hall–Kier alpha value is -3.33. The first-order chi connectivity index (χ1) is 16.3. The number of aromatic nitrogens is 3. The van der Waals surface area contributed by atoms with Crippen molar-refractivity contribution in [3.05, 3.63) is 48.2 Å². The summed E-state index contributed by atoms with van der Waals surface area (Å²) in [6, 6.07) is 10.9. The van der Waals surface area contributed by atoms with Crippen molar-refractivity contribution in [2.45, 2.75) is 56.3 Å². The molecule has 3 aliphatic rings. The molecule has 0 amide bonds. The maximum Gasteiger partial charge on any atom is 0.264 e. The predicted molar refractivity (Wildman–Crippen MR) is 123 cm³/mol. The number of methoxy groups -OCH3 is 1. The highest BCUT2D eigenvalue weighted by molar-refractivity contribution is 5.78. The Bertz CT molecular complexity index is 1270. The molecule has 2 N–H and O–H groups in total. The maximum atomic E-state index is 14.2. The number of ether oxygens (including phenoxy) is 2. The van der Waals surface area contributed by atoms with Crippen LogP contribution in [0.3, 0.4) is 0 Å². The molecular weight excluding hydrogens is 440 g/mol. The second-order valence-corrected chi connectivity index (χ2v) is 9.67. The molecule has 3 atom stereocenters. The number of rotatable bonds is 4. The van der Waals surface area contributed by atoms with Gasteiger partial charge in [0.15, 0.2) is 0 Å². The van der Waals surface area contributed by atoms with Crippen LogP contribution in [0.2, 0.25) is 0 Å². The lowest BCUT2D eigenvalue weighted by atomic mass is 9.85. The van der Waals surface area contributed by atoms with Crippen molar-refractivity contribution in [1.29, 1.82) is 0 Å². The van der Waals surface area contributed by atoms with E-state index in [0.717, 1.165) is 27.8 Å². The molecule has 5 heterocycles. The molecule has 3 unspecified atom stereocenters. The Kier molecular flexibility index (Phi) is 4.74. The average Bonchev–Trinajstić information content (AvgIpc) is 3.04. The van der Waals surface area contributed by atoms with Gasteiger partial charge in [0.1, 0.15) is 12.4 Å². The lowest BCUT2D eigenvalue weighted by Gasteiger charge is -2.39. The summed E-state index contributed by atoms with van der Waals surface area (Å²) in [5.41, 5.74) is 4.47. The number of pyridine rings is 1. The molecule has 2 aromatic heterocycles. The van der Waals surface area contributed by atoms with Crippen molar-refractivity contribution in [3.8, 4) is 34.0 Å². The monoisotopic (exact) mass is 465 g/mol. The maximum absolute atomic E-state index is 14.2. The smallest absolute Gasteiger partial charge is 0.264 e. The molecule has 7 nitrogen and oxygen atoms in total. The summed E-state index contributed by atoms with van der Waals surface area (Å²) in [6.07, 6.45) is 2.57. The predicted octanol–water partition coefficient (Wildman–Crippen LogP) is 4.44. The van der Waals surface area contributed by atoms with Crippen molar-refractivity contribution >= 4 is 5.82 Å². The van der Waals surface area contributed by atoms with E-state index >= 15 is 0 Å². The SMILES string of the molecule is COc1cc(-c2ccc3c(c2)COc2nc(NC4(C)CC5CC(F)(F)C(C4)N5)ccc2-3)cnn1. The number of benzene rings is 1. The highest BCUT2D eigenvalue weighted by Crippen LogP contribution is 2.44. The lowest BCUT2D eigenvalue weighted by Crippen LogP contribution is -2.53. The van der Waals surface area contributed by atoms with Crippen LogP contribution in [0.25, 0.3) is 22.3 Å². The molecule has 1 aromatic carbocycles. The highest BCUT2D eigenvalue weighted by Gasteiger charge is 2.55. The summed E-state index contributed by atoms with van der Waals surface area (Å²) in [5, 5.41) is 14.4. The summed E-state index contributed by atoms with van der Waals surface area (Å²) in [7, 11) is 1.56. The van der Waals surface area contributed by atoms with Gasteiger partial charge in [-0.3, -0.25) is 0 Å². The molecule has 0 aliphatic carbocycles. The Labute approximate surface area is 195 Å². The minimum Gasteiger partial charge on any atom is -0.480 e. The van der Waals surface area contributed by atoms with E-state index in [9.17, 15) is 8.78 Å². The molecule has 3 aliphatic heterocycles. The quantitative estimate of drug-likeness (QED) is 0.590. The van der Waals surface area contributed by atoms with E-state index in [-0.39, 0.29) is 12.5 Å². The van der Waals surface area contributed by atoms with Crippen LogP contribution < -0.4 is 20.1 Å². The van der Waals surface area contributed by atoms with E-state index in [1.165, 1.54) is 0 Å². The fourth-order valence-corrected chi connectivity index (χ4v) is 5.50. The average molecular weight is 466 g/mol. The molecule has 2 saturated heterocycles. The van der Waals surface area contributed by atoms with Gasteiger partial charge in [-0.2, -0.15) is 10.1 Å². The number of hydrogen-bond acceptors (Lipinski definition) is 7. The Morgan fingerprint density at radius 3 is 2.76 bits per heavy atom. The first kappa shape index (κ1) is 21.2. The third-order valence-electron chi connectivity index (χ3n) is 7.04. The van der Waals surface area contributed by atoms with Gasteiger partial charge in [-0.1, -0.05) is 12.1 Å². The van der Waals surface area contributed by atoms with Crippen molar-refractivity contribution < 1.29 is 18.3 Å². The normalized spacial score (nSPS) is 26.2. The minimum absolute atomic E-state index is 0.100. The summed E-state index contributed by atoms with van der Waals surface area (Å²) in [4.78, 5) is 4.69. The molecule has 2 fully saturated rings. The Morgan fingerprint density at radius 1 is 1.09 bits per heavy atom. The van der Waals surface area contributed by atoms with Crippen LogP contribution >= 0.6 is 0 Å². The van der Waals surface area contributed by atoms with Crippen LogP contribution in [0.4, 0.5) is 14.6 Å². The van der Waals surface area contributed by atoms with Gasteiger partial charge in [-0.05, 0) is 54.7 Å². The Balaban J connectivity index is 1.25. The molecule has 9 heteroatoms. The lowest BCUT2D eigenvalue weighted by molar-refractivity contribution is -0.0148. The van der Waals surface area contributed by atoms with Gasteiger partial charge in [-0.15, -0.1) is 5.10 Å². The van der Waals surface area contributed by atoms with Gasteiger partial charge in [0, 0.05) is 35.2 Å². The number of nitrogens with one attached hydrogen (secondary N) is 2. The van der Waals surface area contributed by atoms with E-state index in [4.69, 9.17) is 9.47 Å². The number of piperidine rings is 1. The molecule has 34 heavy (non-hydrogen) atoms. The summed E-state index contributed by atoms with van der Waals surface area (Å²) < 4.78 is 39.5. The second-order valence-electron chi connectivity index (χ2n) is 9.67. The molecular formula is C25H25F2N5O2. The number of halogens is 2. The number of nitrogens with zero attached hydrogens (tertiary/aromatic N) is 3. The summed E-state index contributed by atoms with van der Waals surface area (Å²) in [5.74, 6) is -1.01. The largest absolute Gasteiger partial charge is 0.480 e. The molecule has 0 saturated carbocycles. The fraction of sp³-hybridized carbons (Fsp3) is 0.400. The van der Waals surface area contributed by atoms with Crippen LogP contribution in [0.5, 0.6) is 11.8 Å². The van der Waals surface area contributed by atoms with Gasteiger partial charge in [0.2, 0.25) is 11.8 Å². The number of anilines is 1. The Morgan fingerprint density at radius 2 is 1.94 bits per heavy atom. The van der Waals surface area contributed by atoms with E-state index in [2.05, 4.69) is 37.9 Å². The number of fused-ring (bicyclic) bond motifs is 5. The van der Waals surface area contributed by atoms with Crippen LogP contribution in [0.1, 0.15) is 31.7 Å². The topological polar surface area (TPSA) is 81.2 Å². The zero-order chi connectivity index (χ0) is 23.5. The number of hydrogen-bond donors (Lipinski definition) is 2. The minimum atomic E-state index is -2.66. The van der Waals surface area contributed by atoms with Gasteiger partial charge in [-0.25, -0.2) is 8.78 Å². The van der Waals surface area contributed by atoms with Gasteiger partial charge >= 0.3 is 0 Å². The third kappa shape index (κ3) is 3.64. The van der Waals surface area contributed by atoms with Crippen molar-refractivity contribution in [1.82, 2.24) is 20.5 Å². The molecule has 0 spiro atoms. The number of alkyl halides is 2.